The van der Waals surface area contributed by atoms with E-state index >= 15 is 0 Å². The molecular weight excluding hydrogens is 543 g/mol. The molecule has 0 aromatic carbocycles. The maximum atomic E-state index is 14.6. The predicted molar refractivity (Wildman–Crippen MR) is 159 cm³/mol. The van der Waals surface area contributed by atoms with Gasteiger partial charge in [0.15, 0.2) is 5.82 Å². The number of amides is 3. The van der Waals surface area contributed by atoms with E-state index in [0.29, 0.717) is 41.1 Å². The first-order valence-corrected chi connectivity index (χ1v) is 13.8. The highest BCUT2D eigenvalue weighted by atomic mass is 19.1. The summed E-state index contributed by atoms with van der Waals surface area (Å²) < 4.78 is 16.0. The van der Waals surface area contributed by atoms with Gasteiger partial charge in [-0.1, -0.05) is 19.9 Å². The summed E-state index contributed by atoms with van der Waals surface area (Å²) in [5, 5.41) is 12.4. The molecule has 0 unspecified atom stereocenters. The number of halogens is 1. The summed E-state index contributed by atoms with van der Waals surface area (Å²) in [6.07, 6.45) is 4.32. The number of carboxylic acid groups (broad SMARTS) is 1. The fraction of sp³-hybridized carbons (Fsp3) is 0.433. The van der Waals surface area contributed by atoms with Gasteiger partial charge in [0.2, 0.25) is 11.8 Å². The number of pyridine rings is 2. The molecule has 0 aliphatic rings. The number of nitrogens with zero attached hydrogens (tertiary/aromatic N) is 4. The van der Waals surface area contributed by atoms with Crippen molar-refractivity contribution in [3.05, 3.63) is 69.8 Å². The number of hydrogen-bond acceptors (Lipinski definition) is 5. The molecule has 0 radical (unpaired) electrons. The van der Waals surface area contributed by atoms with E-state index in [2.05, 4.69) is 29.1 Å². The van der Waals surface area contributed by atoms with E-state index in [1.165, 1.54) is 34.9 Å². The molecule has 3 N–H and O–H groups in total. The fourth-order valence-electron chi connectivity index (χ4n) is 4.53. The summed E-state index contributed by atoms with van der Waals surface area (Å²) in [6.45, 7) is 5.88. The number of nitrogens with one attached hydrogen (secondary N) is 2. The van der Waals surface area contributed by atoms with Gasteiger partial charge in [0, 0.05) is 44.5 Å². The van der Waals surface area contributed by atoms with E-state index < -0.39 is 29.3 Å². The van der Waals surface area contributed by atoms with Crippen molar-refractivity contribution in [2.45, 2.75) is 46.6 Å². The number of fused-ring (bicyclic) bond motifs is 1. The highest BCUT2D eigenvalue weighted by Gasteiger charge is 2.23. The number of carbonyl (C=O) groups excluding carboxylic acids is 2. The minimum Gasteiger partial charge on any atom is -0.465 e. The lowest BCUT2D eigenvalue weighted by atomic mass is 10.0. The zero-order chi connectivity index (χ0) is 31.1. The maximum absolute atomic E-state index is 14.6. The predicted octanol–water partition coefficient (Wildman–Crippen LogP) is 4.01. The van der Waals surface area contributed by atoms with Crippen molar-refractivity contribution < 1.29 is 23.9 Å². The van der Waals surface area contributed by atoms with Gasteiger partial charge >= 0.3 is 6.09 Å². The quantitative estimate of drug-likeness (QED) is 0.276. The number of aromatic amines is 1. The van der Waals surface area contributed by atoms with Crippen molar-refractivity contribution in [1.82, 2.24) is 24.3 Å². The van der Waals surface area contributed by atoms with Crippen molar-refractivity contribution in [3.63, 3.8) is 0 Å². The number of hydrogen-bond donors (Lipinski definition) is 3. The van der Waals surface area contributed by atoms with Crippen LogP contribution in [0.4, 0.5) is 14.9 Å². The molecule has 0 saturated heterocycles. The number of aryl methyl sites for hydroxylation is 1. The molecule has 12 heteroatoms. The second-order valence-electron chi connectivity index (χ2n) is 11.1. The minimum absolute atomic E-state index is 0.0383. The molecule has 0 aliphatic heterocycles. The lowest BCUT2D eigenvalue weighted by molar-refractivity contribution is -0.123. The van der Waals surface area contributed by atoms with Crippen LogP contribution in [0.5, 0.6) is 0 Å². The monoisotopic (exact) mass is 582 g/mol. The Bertz CT molecular complexity index is 1540. The Morgan fingerprint density at radius 1 is 1.21 bits per heavy atom. The standard InChI is InChI=1S/C30H39FN6O5/c1-18(2)13-25-27-22(23(31)15-32-25)14-21(33-27)17-37-19(3)11-12-24(29(37)40)34-28(39)20(16-36(6)30(41)42)9-7-8-10-26(38)35(4)5/h8,10-12,14-15,18,20,33H,7,9,13,16-17H2,1-6H3,(H,34,39)(H,41,42)/b10-8+/t20-/m0/s1. The summed E-state index contributed by atoms with van der Waals surface area (Å²) in [4.78, 5) is 59.8. The van der Waals surface area contributed by atoms with Gasteiger partial charge < -0.3 is 29.8 Å². The third-order valence-corrected chi connectivity index (χ3v) is 6.91. The number of aromatic nitrogens is 3. The topological polar surface area (TPSA) is 141 Å². The van der Waals surface area contributed by atoms with Crippen molar-refractivity contribution in [3.8, 4) is 0 Å². The molecule has 0 fully saturated rings. The third kappa shape index (κ3) is 8.05. The van der Waals surface area contributed by atoms with Gasteiger partial charge in [-0.05, 0) is 56.4 Å². The number of anilines is 1. The van der Waals surface area contributed by atoms with Crippen molar-refractivity contribution >= 4 is 34.5 Å². The van der Waals surface area contributed by atoms with Crippen LogP contribution < -0.4 is 10.9 Å². The Kier molecular flexibility index (Phi) is 10.6. The SMILES string of the molecule is Cc1ccc(NC(=O)[C@@H](CC/C=C/C(=O)N(C)C)CN(C)C(=O)O)c(=O)n1Cc1cc2c(F)cnc(CC(C)C)c2[nH]1. The molecule has 0 saturated carbocycles. The van der Waals surface area contributed by atoms with Crippen LogP contribution in [0.25, 0.3) is 10.9 Å². The summed E-state index contributed by atoms with van der Waals surface area (Å²) in [5.74, 6) is -1.63. The lowest BCUT2D eigenvalue weighted by Crippen LogP contribution is -2.37. The van der Waals surface area contributed by atoms with E-state index in [9.17, 15) is 28.7 Å². The Morgan fingerprint density at radius 2 is 1.93 bits per heavy atom. The molecule has 226 valence electrons. The fourth-order valence-corrected chi connectivity index (χ4v) is 4.53. The van der Waals surface area contributed by atoms with E-state index in [-0.39, 0.29) is 31.1 Å². The van der Waals surface area contributed by atoms with Gasteiger partial charge in [0.25, 0.3) is 5.56 Å². The number of rotatable bonds is 12. The Morgan fingerprint density at radius 3 is 2.57 bits per heavy atom. The van der Waals surface area contributed by atoms with Gasteiger partial charge in [0.05, 0.1) is 29.9 Å². The van der Waals surface area contributed by atoms with Crippen LogP contribution in [0.1, 0.15) is 43.8 Å². The highest BCUT2D eigenvalue weighted by Crippen LogP contribution is 2.24. The number of likely N-dealkylation sites (N-methyl/N-ethyl adjacent to an activating group) is 1. The molecule has 42 heavy (non-hydrogen) atoms. The lowest BCUT2D eigenvalue weighted by Gasteiger charge is -2.21. The van der Waals surface area contributed by atoms with Gasteiger partial charge in [-0.3, -0.25) is 19.4 Å². The van der Waals surface area contributed by atoms with E-state index in [1.54, 1.807) is 39.2 Å². The van der Waals surface area contributed by atoms with E-state index in [1.807, 2.05) is 0 Å². The van der Waals surface area contributed by atoms with Crippen LogP contribution in [-0.2, 0) is 22.6 Å². The van der Waals surface area contributed by atoms with Gasteiger partial charge in [-0.15, -0.1) is 0 Å². The van der Waals surface area contributed by atoms with Crippen LogP contribution >= 0.6 is 0 Å². The Balaban J connectivity index is 1.85. The van der Waals surface area contributed by atoms with Gasteiger partial charge in [0.1, 0.15) is 5.69 Å². The molecule has 0 aliphatic carbocycles. The Hall–Kier alpha value is -4.48. The normalized spacial score (nSPS) is 12.2. The van der Waals surface area contributed by atoms with Crippen LogP contribution in [0.2, 0.25) is 0 Å². The van der Waals surface area contributed by atoms with Crippen LogP contribution in [0.3, 0.4) is 0 Å². The first-order chi connectivity index (χ1) is 19.8. The van der Waals surface area contributed by atoms with Crippen LogP contribution in [-0.4, -0.2) is 75.0 Å². The zero-order valence-electron chi connectivity index (χ0n) is 24.9. The van der Waals surface area contributed by atoms with Crippen LogP contribution in [0, 0.1) is 24.6 Å². The largest absolute Gasteiger partial charge is 0.465 e. The molecule has 0 bridgehead atoms. The summed E-state index contributed by atoms with van der Waals surface area (Å²) in [7, 11) is 4.60. The molecule has 3 amide bonds. The molecule has 3 rings (SSSR count). The average molecular weight is 583 g/mol. The molecule has 0 spiro atoms. The highest BCUT2D eigenvalue weighted by molar-refractivity contribution is 5.93. The van der Waals surface area contributed by atoms with Gasteiger partial charge in [-0.25, -0.2) is 9.18 Å². The number of allylic oxidation sites excluding steroid dienone is 1. The smallest absolute Gasteiger partial charge is 0.407 e. The second-order valence-corrected chi connectivity index (χ2v) is 11.1. The third-order valence-electron chi connectivity index (χ3n) is 6.91. The van der Waals surface area contributed by atoms with E-state index in [4.69, 9.17) is 0 Å². The van der Waals surface area contributed by atoms with Crippen molar-refractivity contribution in [1.29, 1.82) is 0 Å². The van der Waals surface area contributed by atoms with Crippen molar-refractivity contribution in [2.24, 2.45) is 11.8 Å². The second kappa shape index (κ2) is 13.9. The average Bonchev–Trinajstić information content (AvgIpc) is 3.36. The first kappa shape index (κ1) is 32.0. The summed E-state index contributed by atoms with van der Waals surface area (Å²) in [6, 6.07) is 4.87. The molecule has 1 atom stereocenters. The zero-order valence-corrected chi connectivity index (χ0v) is 24.9. The molecule has 3 aromatic heterocycles. The number of carbonyl (C=O) groups is 3. The molecule has 3 aromatic rings. The maximum Gasteiger partial charge on any atom is 0.407 e. The Labute approximate surface area is 244 Å². The summed E-state index contributed by atoms with van der Waals surface area (Å²) in [5.41, 5.74) is 2.17. The van der Waals surface area contributed by atoms with Crippen molar-refractivity contribution in [2.75, 3.05) is 33.0 Å². The minimum atomic E-state index is -1.19. The molecular formula is C30H39FN6O5. The molecule has 3 heterocycles. The number of H-pyrrole nitrogens is 1. The summed E-state index contributed by atoms with van der Waals surface area (Å²) >= 11 is 0. The van der Waals surface area contributed by atoms with E-state index in [0.717, 1.165) is 10.6 Å². The van der Waals surface area contributed by atoms with Gasteiger partial charge in [-0.2, -0.15) is 0 Å². The first-order valence-electron chi connectivity index (χ1n) is 13.8. The molecule has 11 nitrogen and oxygen atoms in total. The van der Waals surface area contributed by atoms with Crippen LogP contribution in [0.15, 0.2) is 41.3 Å².